The van der Waals surface area contributed by atoms with Crippen molar-refractivity contribution in [3.05, 3.63) is 35.5 Å². The molecule has 3 fully saturated rings. The summed E-state index contributed by atoms with van der Waals surface area (Å²) in [5, 5.41) is 0. The maximum Gasteiger partial charge on any atom is 0.0614 e. The highest BCUT2D eigenvalue weighted by Crippen LogP contribution is 2.59. The van der Waals surface area contributed by atoms with E-state index in [-0.39, 0.29) is 0 Å². The Labute approximate surface area is 181 Å². The largest absolute Gasteiger partial charge is 0.381 e. The Morgan fingerprint density at radius 3 is 2.62 bits per heavy atom. The van der Waals surface area contributed by atoms with Gasteiger partial charge in [0.25, 0.3) is 0 Å². The molecule has 0 aliphatic heterocycles. The quantitative estimate of drug-likeness (QED) is 0.419. The van der Waals surface area contributed by atoms with Crippen LogP contribution in [0.1, 0.15) is 98.3 Å². The average molecular weight is 399 g/mol. The molecular formula is C28H46O. The monoisotopic (exact) mass is 398 g/mol. The molecule has 0 spiro atoms. The van der Waals surface area contributed by atoms with Gasteiger partial charge < -0.3 is 4.74 Å². The molecule has 5 atom stereocenters. The maximum absolute atomic E-state index is 5.63. The highest BCUT2D eigenvalue weighted by atomic mass is 16.5. The van der Waals surface area contributed by atoms with Crippen LogP contribution in [-0.4, -0.2) is 13.2 Å². The number of methoxy groups -OCH3 is 1. The molecular weight excluding hydrogens is 352 g/mol. The van der Waals surface area contributed by atoms with Crippen molar-refractivity contribution >= 4 is 0 Å². The van der Waals surface area contributed by atoms with Gasteiger partial charge in [-0.15, -0.1) is 0 Å². The van der Waals surface area contributed by atoms with E-state index < -0.39 is 0 Å². The zero-order valence-electron chi connectivity index (χ0n) is 19.9. The van der Waals surface area contributed by atoms with Gasteiger partial charge in [-0.1, -0.05) is 76.8 Å². The van der Waals surface area contributed by atoms with E-state index in [0.29, 0.717) is 11.5 Å². The Balaban J connectivity index is 1.70. The molecule has 1 nitrogen and oxygen atoms in total. The van der Waals surface area contributed by atoms with E-state index in [4.69, 9.17) is 4.74 Å². The van der Waals surface area contributed by atoms with Crippen LogP contribution < -0.4 is 0 Å². The Hall–Kier alpha value is -0.820. The predicted molar refractivity (Wildman–Crippen MR) is 126 cm³/mol. The van der Waals surface area contributed by atoms with Crippen molar-refractivity contribution in [2.45, 2.75) is 104 Å². The van der Waals surface area contributed by atoms with E-state index in [2.05, 4.69) is 46.4 Å². The van der Waals surface area contributed by atoms with Crippen LogP contribution in [0.15, 0.2) is 35.5 Å². The third kappa shape index (κ3) is 5.27. The standard InChI is InChI=1S/C28H46O/c1-20(2)9-7-10-22(4)26-16-17-27-23(11-8-18-28(26,27)5)13-14-24-19-25(29-6)15-12-21(24)3/h13-14,20,22,25-27H,3,7-12,15-19H2,1-2,4-6H3/b23-13+,24-14-. The normalized spacial score (nSPS) is 36.8. The number of hydrogen-bond donors (Lipinski definition) is 0. The summed E-state index contributed by atoms with van der Waals surface area (Å²) in [7, 11) is 1.85. The van der Waals surface area contributed by atoms with Crippen LogP contribution in [0.25, 0.3) is 0 Å². The van der Waals surface area contributed by atoms with E-state index in [0.717, 1.165) is 42.9 Å². The molecule has 3 rings (SSSR count). The Morgan fingerprint density at radius 2 is 1.90 bits per heavy atom. The van der Waals surface area contributed by atoms with Crippen molar-refractivity contribution in [2.24, 2.45) is 29.1 Å². The van der Waals surface area contributed by atoms with Crippen LogP contribution in [-0.2, 0) is 4.74 Å². The molecule has 0 amide bonds. The Kier molecular flexibility index (Phi) is 7.87. The summed E-state index contributed by atoms with van der Waals surface area (Å²) in [5.74, 6) is 3.44. The van der Waals surface area contributed by atoms with Gasteiger partial charge in [0.15, 0.2) is 0 Å². The Bertz CT molecular complexity index is 624. The Morgan fingerprint density at radius 1 is 1.10 bits per heavy atom. The first-order valence-corrected chi connectivity index (χ1v) is 12.5. The van der Waals surface area contributed by atoms with Gasteiger partial charge in [0.1, 0.15) is 0 Å². The summed E-state index contributed by atoms with van der Waals surface area (Å²) in [6, 6.07) is 0. The van der Waals surface area contributed by atoms with Gasteiger partial charge in [0.2, 0.25) is 0 Å². The summed E-state index contributed by atoms with van der Waals surface area (Å²) in [5.41, 5.74) is 5.02. The zero-order chi connectivity index (χ0) is 21.0. The van der Waals surface area contributed by atoms with Crippen LogP contribution in [0.4, 0.5) is 0 Å². The molecule has 0 heterocycles. The topological polar surface area (TPSA) is 9.23 Å². The molecule has 3 aliphatic carbocycles. The minimum absolute atomic E-state index is 0.379. The van der Waals surface area contributed by atoms with E-state index in [9.17, 15) is 0 Å². The average Bonchev–Trinajstić information content (AvgIpc) is 3.04. The van der Waals surface area contributed by atoms with Crippen molar-refractivity contribution in [1.29, 1.82) is 0 Å². The van der Waals surface area contributed by atoms with Crippen LogP contribution in [0.3, 0.4) is 0 Å². The minimum atomic E-state index is 0.379. The van der Waals surface area contributed by atoms with Crippen molar-refractivity contribution in [2.75, 3.05) is 7.11 Å². The van der Waals surface area contributed by atoms with Gasteiger partial charge in [0, 0.05) is 7.11 Å². The van der Waals surface area contributed by atoms with Crippen molar-refractivity contribution < 1.29 is 4.74 Å². The fourth-order valence-electron chi connectivity index (χ4n) is 6.85. The highest BCUT2D eigenvalue weighted by Gasteiger charge is 2.50. The number of ether oxygens (including phenoxy) is 1. The molecule has 3 aliphatic rings. The van der Waals surface area contributed by atoms with Crippen LogP contribution >= 0.6 is 0 Å². The fraction of sp³-hybridized carbons (Fsp3) is 0.786. The number of fused-ring (bicyclic) bond motifs is 1. The first-order valence-electron chi connectivity index (χ1n) is 12.5. The number of hydrogen-bond acceptors (Lipinski definition) is 1. The predicted octanol–water partition coefficient (Wildman–Crippen LogP) is 8.27. The second kappa shape index (κ2) is 9.99. The third-order valence-electron chi connectivity index (χ3n) is 8.67. The van der Waals surface area contributed by atoms with E-state index >= 15 is 0 Å². The van der Waals surface area contributed by atoms with Gasteiger partial charge in [-0.05, 0) is 86.0 Å². The summed E-state index contributed by atoms with van der Waals surface area (Å²) in [4.78, 5) is 0. The molecule has 5 unspecified atom stereocenters. The van der Waals surface area contributed by atoms with Crippen molar-refractivity contribution in [3.63, 3.8) is 0 Å². The molecule has 29 heavy (non-hydrogen) atoms. The lowest BCUT2D eigenvalue weighted by Gasteiger charge is -2.44. The molecule has 164 valence electrons. The molecule has 0 saturated heterocycles. The van der Waals surface area contributed by atoms with E-state index in [1.807, 2.05) is 7.11 Å². The number of allylic oxidation sites excluding steroid dienone is 4. The highest BCUT2D eigenvalue weighted by molar-refractivity contribution is 5.36. The summed E-state index contributed by atoms with van der Waals surface area (Å²) in [6.07, 6.45) is 19.7. The molecule has 0 bridgehead atoms. The molecule has 1 heteroatoms. The summed E-state index contributed by atoms with van der Waals surface area (Å²) in [6.45, 7) is 14.2. The summed E-state index contributed by atoms with van der Waals surface area (Å²) >= 11 is 0. The van der Waals surface area contributed by atoms with Crippen LogP contribution in [0, 0.1) is 29.1 Å². The first-order chi connectivity index (χ1) is 13.8. The van der Waals surface area contributed by atoms with Gasteiger partial charge in [-0.2, -0.15) is 0 Å². The van der Waals surface area contributed by atoms with Gasteiger partial charge in [-0.25, -0.2) is 0 Å². The molecule has 0 radical (unpaired) electrons. The van der Waals surface area contributed by atoms with Crippen LogP contribution in [0.5, 0.6) is 0 Å². The molecule has 3 saturated carbocycles. The molecule has 0 aromatic rings. The van der Waals surface area contributed by atoms with E-state index in [1.54, 1.807) is 5.57 Å². The SMILES string of the molecule is C=C1CCC(OC)C/C1=C/C=C1\CCCC2(C)C1CCC2C(C)CCCC(C)C. The number of rotatable bonds is 7. The van der Waals surface area contributed by atoms with Crippen molar-refractivity contribution in [1.82, 2.24) is 0 Å². The first kappa shape index (κ1) is 22.9. The fourth-order valence-corrected chi connectivity index (χ4v) is 6.85. The van der Waals surface area contributed by atoms with Gasteiger partial charge in [0.05, 0.1) is 6.10 Å². The van der Waals surface area contributed by atoms with Gasteiger partial charge >= 0.3 is 0 Å². The molecule has 0 N–H and O–H groups in total. The smallest absolute Gasteiger partial charge is 0.0614 e. The van der Waals surface area contributed by atoms with Crippen molar-refractivity contribution in [3.8, 4) is 0 Å². The lowest BCUT2D eigenvalue weighted by molar-refractivity contribution is 0.0907. The minimum Gasteiger partial charge on any atom is -0.381 e. The third-order valence-corrected chi connectivity index (χ3v) is 8.67. The van der Waals surface area contributed by atoms with E-state index in [1.165, 1.54) is 62.5 Å². The molecule has 0 aromatic carbocycles. The maximum atomic E-state index is 5.63. The lowest BCUT2D eigenvalue weighted by atomic mass is 9.60. The second-order valence-electron chi connectivity index (χ2n) is 11.0. The molecule has 0 aromatic heterocycles. The zero-order valence-corrected chi connectivity index (χ0v) is 19.9. The van der Waals surface area contributed by atoms with Gasteiger partial charge in [-0.3, -0.25) is 0 Å². The summed E-state index contributed by atoms with van der Waals surface area (Å²) < 4.78 is 5.63. The second-order valence-corrected chi connectivity index (χ2v) is 11.0. The lowest BCUT2D eigenvalue weighted by Crippen LogP contribution is -2.36. The van der Waals surface area contributed by atoms with Crippen LogP contribution in [0.2, 0.25) is 0 Å².